The van der Waals surface area contributed by atoms with Gasteiger partial charge in [0.2, 0.25) is 0 Å². The molecular weight excluding hydrogens is 268 g/mol. The largest absolute Gasteiger partial charge is 0.381 e. The van der Waals surface area contributed by atoms with Crippen LogP contribution < -0.4 is 15.8 Å². The first-order valence-corrected chi connectivity index (χ1v) is 7.85. The van der Waals surface area contributed by atoms with E-state index < -0.39 is 0 Å². The molecular formula is C15H24N4O2. The van der Waals surface area contributed by atoms with E-state index in [1.54, 1.807) is 10.7 Å². The molecule has 0 aliphatic carbocycles. The van der Waals surface area contributed by atoms with E-state index in [0.717, 1.165) is 38.4 Å². The van der Waals surface area contributed by atoms with E-state index in [1.165, 1.54) is 12.8 Å². The normalized spacial score (nSPS) is 23.7. The van der Waals surface area contributed by atoms with Crippen molar-refractivity contribution in [2.75, 3.05) is 38.3 Å². The molecule has 2 aliphatic rings. The van der Waals surface area contributed by atoms with Gasteiger partial charge in [0.25, 0.3) is 5.56 Å². The summed E-state index contributed by atoms with van der Waals surface area (Å²) < 4.78 is 7.01. The molecule has 21 heavy (non-hydrogen) atoms. The molecule has 2 saturated heterocycles. The zero-order valence-electron chi connectivity index (χ0n) is 12.6. The van der Waals surface area contributed by atoms with E-state index in [0.29, 0.717) is 12.5 Å². The summed E-state index contributed by atoms with van der Waals surface area (Å²) >= 11 is 0. The van der Waals surface area contributed by atoms with E-state index in [4.69, 9.17) is 4.74 Å². The Labute approximate surface area is 125 Å². The average molecular weight is 292 g/mol. The fourth-order valence-corrected chi connectivity index (χ4v) is 3.24. The van der Waals surface area contributed by atoms with Gasteiger partial charge in [-0.05, 0) is 26.3 Å². The number of hydrogen-bond donors (Lipinski definition) is 1. The number of nitrogens with zero attached hydrogens (tertiary/aromatic N) is 3. The fraction of sp³-hybridized carbons (Fsp3) is 0.733. The maximum atomic E-state index is 12.3. The highest BCUT2D eigenvalue weighted by molar-refractivity contribution is 5.43. The lowest BCUT2D eigenvalue weighted by Gasteiger charge is -2.22. The van der Waals surface area contributed by atoms with Crippen LogP contribution in [-0.4, -0.2) is 49.2 Å². The van der Waals surface area contributed by atoms with E-state index >= 15 is 0 Å². The van der Waals surface area contributed by atoms with Crippen LogP contribution in [0.3, 0.4) is 0 Å². The number of anilines is 1. The maximum Gasteiger partial charge on any atom is 0.268 e. The lowest BCUT2D eigenvalue weighted by molar-refractivity contribution is 0.174. The third-order valence-electron chi connectivity index (χ3n) is 4.60. The Hall–Kier alpha value is -1.40. The van der Waals surface area contributed by atoms with Crippen LogP contribution >= 0.6 is 0 Å². The Balaban J connectivity index is 1.71. The van der Waals surface area contributed by atoms with Crippen molar-refractivity contribution in [3.63, 3.8) is 0 Å². The summed E-state index contributed by atoms with van der Waals surface area (Å²) in [5.41, 5.74) is 0.942. The molecule has 0 amide bonds. The molecule has 2 aliphatic heterocycles. The summed E-state index contributed by atoms with van der Waals surface area (Å²) in [4.78, 5) is 14.5. The maximum absolute atomic E-state index is 12.3. The highest BCUT2D eigenvalue weighted by Gasteiger charge is 2.25. The molecule has 3 heterocycles. The number of ether oxygens (including phenoxy) is 1. The molecule has 0 spiro atoms. The zero-order valence-corrected chi connectivity index (χ0v) is 12.6. The quantitative estimate of drug-likeness (QED) is 0.855. The summed E-state index contributed by atoms with van der Waals surface area (Å²) in [6.07, 6.45) is 5.27. The van der Waals surface area contributed by atoms with Gasteiger partial charge < -0.3 is 15.0 Å². The highest BCUT2D eigenvalue weighted by atomic mass is 16.5. The Morgan fingerprint density at radius 1 is 1.48 bits per heavy atom. The van der Waals surface area contributed by atoms with Gasteiger partial charge in [-0.15, -0.1) is 0 Å². The molecule has 1 N–H and O–H groups in total. The average Bonchev–Trinajstić information content (AvgIpc) is 3.19. The van der Waals surface area contributed by atoms with Gasteiger partial charge in [-0.1, -0.05) is 0 Å². The first kappa shape index (κ1) is 14.5. The van der Waals surface area contributed by atoms with Gasteiger partial charge >= 0.3 is 0 Å². The van der Waals surface area contributed by atoms with Gasteiger partial charge in [0.1, 0.15) is 0 Å². The standard InChI is InChI=1S/C15H24N4O2/c1-16-14(12-4-7-21-11-12)10-19-15(20)8-13(9-17-19)18-5-2-3-6-18/h8-9,12,14,16H,2-7,10-11H2,1H3. The SMILES string of the molecule is CNC(Cn1ncc(N2CCCC2)cc1=O)C1CCOC1. The second kappa shape index (κ2) is 6.58. The Morgan fingerprint density at radius 2 is 2.29 bits per heavy atom. The minimum Gasteiger partial charge on any atom is -0.381 e. The Kier molecular flexibility index (Phi) is 4.55. The third kappa shape index (κ3) is 3.27. The summed E-state index contributed by atoms with van der Waals surface area (Å²) in [5.74, 6) is 0.460. The monoisotopic (exact) mass is 292 g/mol. The molecule has 6 heteroatoms. The van der Waals surface area contributed by atoms with Crippen molar-refractivity contribution < 1.29 is 4.74 Å². The summed E-state index contributed by atoms with van der Waals surface area (Å²) in [6, 6.07) is 1.95. The molecule has 2 atom stereocenters. The second-order valence-corrected chi connectivity index (χ2v) is 5.95. The Bertz CT molecular complexity index is 519. The third-order valence-corrected chi connectivity index (χ3v) is 4.60. The van der Waals surface area contributed by atoms with Crippen LogP contribution in [0.15, 0.2) is 17.1 Å². The number of rotatable bonds is 5. The zero-order chi connectivity index (χ0) is 14.7. The lowest BCUT2D eigenvalue weighted by Crippen LogP contribution is -2.41. The van der Waals surface area contributed by atoms with E-state index in [9.17, 15) is 4.79 Å². The number of hydrogen-bond acceptors (Lipinski definition) is 5. The number of nitrogens with one attached hydrogen (secondary N) is 1. The Morgan fingerprint density at radius 3 is 2.90 bits per heavy atom. The van der Waals surface area contributed by atoms with Crippen LogP contribution in [0.25, 0.3) is 0 Å². The van der Waals surface area contributed by atoms with Gasteiger partial charge in [-0.25, -0.2) is 4.68 Å². The molecule has 6 nitrogen and oxygen atoms in total. The first-order valence-electron chi connectivity index (χ1n) is 7.85. The van der Waals surface area contributed by atoms with Crippen LogP contribution in [0.1, 0.15) is 19.3 Å². The van der Waals surface area contributed by atoms with Crippen molar-refractivity contribution in [1.29, 1.82) is 0 Å². The van der Waals surface area contributed by atoms with Gasteiger partial charge in [0.05, 0.1) is 25.0 Å². The molecule has 1 aromatic rings. The molecule has 1 aromatic heterocycles. The predicted octanol–water partition coefficient (Wildman–Crippen LogP) is 0.468. The van der Waals surface area contributed by atoms with Crippen LogP contribution in [0.2, 0.25) is 0 Å². The van der Waals surface area contributed by atoms with Crippen LogP contribution in [-0.2, 0) is 11.3 Å². The first-order chi connectivity index (χ1) is 10.3. The van der Waals surface area contributed by atoms with Crippen molar-refractivity contribution in [2.24, 2.45) is 5.92 Å². The topological polar surface area (TPSA) is 59.4 Å². The molecule has 0 radical (unpaired) electrons. The lowest BCUT2D eigenvalue weighted by atomic mass is 9.99. The van der Waals surface area contributed by atoms with Crippen molar-refractivity contribution in [1.82, 2.24) is 15.1 Å². The van der Waals surface area contributed by atoms with E-state index in [1.807, 2.05) is 13.2 Å². The summed E-state index contributed by atoms with van der Waals surface area (Å²) in [7, 11) is 1.94. The van der Waals surface area contributed by atoms with E-state index in [-0.39, 0.29) is 11.6 Å². The minimum atomic E-state index is -0.0152. The summed E-state index contributed by atoms with van der Waals surface area (Å²) in [6.45, 7) is 4.25. The summed E-state index contributed by atoms with van der Waals surface area (Å²) in [5, 5.41) is 7.66. The molecule has 0 saturated carbocycles. The molecule has 0 aromatic carbocycles. The van der Waals surface area contributed by atoms with Gasteiger partial charge in [0, 0.05) is 37.7 Å². The van der Waals surface area contributed by atoms with Crippen molar-refractivity contribution >= 4 is 5.69 Å². The molecule has 116 valence electrons. The van der Waals surface area contributed by atoms with Gasteiger partial charge in [-0.3, -0.25) is 4.79 Å². The van der Waals surface area contributed by atoms with Crippen molar-refractivity contribution in [2.45, 2.75) is 31.8 Å². The molecule has 3 rings (SSSR count). The molecule has 2 fully saturated rings. The van der Waals surface area contributed by atoms with Gasteiger partial charge in [-0.2, -0.15) is 5.10 Å². The smallest absolute Gasteiger partial charge is 0.268 e. The van der Waals surface area contributed by atoms with Crippen molar-refractivity contribution in [3.8, 4) is 0 Å². The fourth-order valence-electron chi connectivity index (χ4n) is 3.24. The predicted molar refractivity (Wildman–Crippen MR) is 81.7 cm³/mol. The number of aromatic nitrogens is 2. The molecule has 2 unspecified atom stereocenters. The minimum absolute atomic E-state index is 0.0152. The highest BCUT2D eigenvalue weighted by Crippen LogP contribution is 2.19. The van der Waals surface area contributed by atoms with Crippen LogP contribution in [0.5, 0.6) is 0 Å². The van der Waals surface area contributed by atoms with Crippen molar-refractivity contribution in [3.05, 3.63) is 22.6 Å². The van der Waals surface area contributed by atoms with E-state index in [2.05, 4.69) is 15.3 Å². The van der Waals surface area contributed by atoms with Crippen LogP contribution in [0, 0.1) is 5.92 Å². The van der Waals surface area contributed by atoms with Crippen LogP contribution in [0.4, 0.5) is 5.69 Å². The number of likely N-dealkylation sites (N-methyl/N-ethyl adjacent to an activating group) is 1. The molecule has 0 bridgehead atoms. The second-order valence-electron chi connectivity index (χ2n) is 5.95. The van der Waals surface area contributed by atoms with Gasteiger partial charge in [0.15, 0.2) is 0 Å².